The molecule has 1 saturated heterocycles. The number of nitrogens with zero attached hydrogens (tertiary/aromatic N) is 6. The molecule has 3 heterocycles. The van der Waals surface area contributed by atoms with Crippen LogP contribution in [-0.2, 0) is 6.54 Å². The van der Waals surface area contributed by atoms with Crippen LogP contribution in [0.5, 0.6) is 17.2 Å². The zero-order chi connectivity index (χ0) is 30.2. The van der Waals surface area contributed by atoms with Crippen LogP contribution < -0.4 is 24.4 Å². The summed E-state index contributed by atoms with van der Waals surface area (Å²) in [6.45, 7) is 5.41. The van der Waals surface area contributed by atoms with Gasteiger partial charge in [-0.2, -0.15) is 15.0 Å². The molecule has 0 atom stereocenters. The number of carboxylic acids is 1. The van der Waals surface area contributed by atoms with E-state index in [2.05, 4.69) is 20.5 Å². The monoisotopic (exact) mass is 589 g/mol. The number of piperazine rings is 1. The number of ether oxygens (including phenoxy) is 3. The Morgan fingerprint density at radius 1 is 0.977 bits per heavy atom. The number of aromatic carboxylic acids is 1. The molecule has 0 unspecified atom stereocenters. The van der Waals surface area contributed by atoms with Crippen molar-refractivity contribution >= 4 is 34.3 Å². The maximum atomic E-state index is 13.0. The van der Waals surface area contributed by atoms with Crippen LogP contribution in [0.3, 0.4) is 0 Å². The van der Waals surface area contributed by atoms with Gasteiger partial charge in [0, 0.05) is 55.9 Å². The quantitative estimate of drug-likeness (QED) is 0.231. The van der Waals surface area contributed by atoms with Gasteiger partial charge < -0.3 is 34.4 Å². The number of amides is 2. The van der Waals surface area contributed by atoms with Crippen molar-refractivity contribution in [1.29, 1.82) is 0 Å². The lowest BCUT2D eigenvalue weighted by atomic mass is 10.1. The maximum absolute atomic E-state index is 13.0. The summed E-state index contributed by atoms with van der Waals surface area (Å²) >= 11 is 0. The first-order valence-corrected chi connectivity index (χ1v) is 14.2. The number of benzene rings is 2. The van der Waals surface area contributed by atoms with E-state index in [1.165, 1.54) is 6.20 Å². The summed E-state index contributed by atoms with van der Waals surface area (Å²) < 4.78 is 17.2. The predicted molar refractivity (Wildman–Crippen MR) is 160 cm³/mol. The number of aryl methyl sites for hydroxylation is 1. The summed E-state index contributed by atoms with van der Waals surface area (Å²) in [5, 5.41) is 21.8. The first kappa shape index (κ1) is 29.4. The minimum Gasteiger partial charge on any atom is -0.494 e. The SMILES string of the molecule is CCCOc1ccc(NC(=O)N2CCN(c3c(C(=O)O)cnc4cc(OCCCn5nccn5)c(OC)cc34)CC2)cc1. The molecule has 13 heteroatoms. The van der Waals surface area contributed by atoms with Gasteiger partial charge >= 0.3 is 12.0 Å². The zero-order valence-electron chi connectivity index (χ0n) is 24.2. The Kier molecular flexibility index (Phi) is 9.39. The number of rotatable bonds is 12. The van der Waals surface area contributed by atoms with Gasteiger partial charge in [0.05, 0.1) is 50.5 Å². The van der Waals surface area contributed by atoms with Crippen LogP contribution in [0.4, 0.5) is 16.2 Å². The molecule has 2 amide bonds. The molecular formula is C30H35N7O6. The van der Waals surface area contributed by atoms with E-state index in [1.54, 1.807) is 41.3 Å². The highest BCUT2D eigenvalue weighted by Crippen LogP contribution is 2.38. The minimum atomic E-state index is -1.08. The molecule has 0 spiro atoms. The van der Waals surface area contributed by atoms with E-state index in [0.29, 0.717) is 86.1 Å². The summed E-state index contributed by atoms with van der Waals surface area (Å²) in [4.78, 5) is 34.9. The lowest BCUT2D eigenvalue weighted by Gasteiger charge is -2.37. The summed E-state index contributed by atoms with van der Waals surface area (Å²) in [7, 11) is 1.54. The van der Waals surface area contributed by atoms with Gasteiger partial charge in [0.2, 0.25) is 0 Å². The summed E-state index contributed by atoms with van der Waals surface area (Å²) in [6, 6.07) is 10.6. The topological polar surface area (TPSA) is 144 Å². The van der Waals surface area contributed by atoms with E-state index in [0.717, 1.165) is 12.2 Å². The maximum Gasteiger partial charge on any atom is 0.339 e. The molecule has 43 heavy (non-hydrogen) atoms. The fraction of sp³-hybridized carbons (Fsp3) is 0.367. The van der Waals surface area contributed by atoms with Crippen LogP contribution in [0.15, 0.2) is 55.0 Å². The molecule has 0 radical (unpaired) electrons. The number of methoxy groups -OCH3 is 1. The second-order valence-electron chi connectivity index (χ2n) is 9.95. The third kappa shape index (κ3) is 7.05. The van der Waals surface area contributed by atoms with E-state index in [4.69, 9.17) is 14.2 Å². The molecule has 1 aliphatic rings. The average molecular weight is 590 g/mol. The van der Waals surface area contributed by atoms with Crippen molar-refractivity contribution in [1.82, 2.24) is 24.9 Å². The van der Waals surface area contributed by atoms with Crippen molar-refractivity contribution in [3.8, 4) is 17.2 Å². The van der Waals surface area contributed by atoms with Crippen molar-refractivity contribution < 1.29 is 28.9 Å². The Hall–Kier alpha value is -5.07. The molecular weight excluding hydrogens is 554 g/mol. The van der Waals surface area contributed by atoms with Gasteiger partial charge in [0.15, 0.2) is 11.5 Å². The van der Waals surface area contributed by atoms with E-state index in [-0.39, 0.29) is 11.6 Å². The van der Waals surface area contributed by atoms with Crippen LogP contribution in [0.25, 0.3) is 10.9 Å². The molecule has 0 aliphatic carbocycles. The lowest BCUT2D eigenvalue weighted by Crippen LogP contribution is -2.50. The highest BCUT2D eigenvalue weighted by atomic mass is 16.5. The van der Waals surface area contributed by atoms with Gasteiger partial charge in [-0.25, -0.2) is 9.59 Å². The van der Waals surface area contributed by atoms with Crippen molar-refractivity contribution in [3.05, 3.63) is 60.6 Å². The second-order valence-corrected chi connectivity index (χ2v) is 9.95. The fourth-order valence-electron chi connectivity index (χ4n) is 4.89. The summed E-state index contributed by atoms with van der Waals surface area (Å²) in [5.41, 5.74) is 1.87. The minimum absolute atomic E-state index is 0.0817. The third-order valence-corrected chi connectivity index (χ3v) is 7.04. The first-order chi connectivity index (χ1) is 21.0. The van der Waals surface area contributed by atoms with Crippen molar-refractivity contribution in [2.45, 2.75) is 26.3 Å². The number of nitrogens with one attached hydrogen (secondary N) is 1. The fourth-order valence-corrected chi connectivity index (χ4v) is 4.89. The molecule has 226 valence electrons. The van der Waals surface area contributed by atoms with Crippen molar-refractivity contribution in [2.24, 2.45) is 0 Å². The number of carbonyl (C=O) groups is 2. The number of aromatic nitrogens is 4. The normalized spacial score (nSPS) is 13.2. The van der Waals surface area contributed by atoms with Gasteiger partial charge in [-0.1, -0.05) is 6.92 Å². The molecule has 2 aromatic carbocycles. The van der Waals surface area contributed by atoms with Gasteiger partial charge in [0.1, 0.15) is 11.3 Å². The largest absolute Gasteiger partial charge is 0.494 e. The summed E-state index contributed by atoms with van der Waals surface area (Å²) in [5.74, 6) is 0.656. The van der Waals surface area contributed by atoms with Gasteiger partial charge in [-0.05, 0) is 36.8 Å². The van der Waals surface area contributed by atoms with Gasteiger partial charge in [-0.3, -0.25) is 4.98 Å². The molecule has 1 aliphatic heterocycles. The molecule has 13 nitrogen and oxygen atoms in total. The summed E-state index contributed by atoms with van der Waals surface area (Å²) in [6.07, 6.45) is 6.22. The highest BCUT2D eigenvalue weighted by Gasteiger charge is 2.27. The standard InChI is InChI=1S/C30H35N7O6/c1-3-16-42-22-7-5-21(6-8-22)34-30(40)36-14-12-35(13-15-36)28-23-18-26(41-2)27(19-25(23)31-20-24(28)29(38)39)43-17-4-11-37-32-9-10-33-37/h5-10,18-20H,3-4,11-17H2,1-2H3,(H,34,40)(H,38,39). The lowest BCUT2D eigenvalue weighted by molar-refractivity contribution is 0.0697. The molecule has 2 aromatic heterocycles. The average Bonchev–Trinajstić information content (AvgIpc) is 3.55. The number of pyridine rings is 1. The molecule has 2 N–H and O–H groups in total. The molecule has 1 fully saturated rings. The third-order valence-electron chi connectivity index (χ3n) is 7.04. The van der Waals surface area contributed by atoms with Gasteiger partial charge in [0.25, 0.3) is 0 Å². The number of hydrogen-bond donors (Lipinski definition) is 2. The predicted octanol–water partition coefficient (Wildman–Crippen LogP) is 4.15. The number of hydrogen-bond acceptors (Lipinski definition) is 9. The van der Waals surface area contributed by atoms with Crippen LogP contribution in [-0.4, -0.2) is 88.5 Å². The van der Waals surface area contributed by atoms with Gasteiger partial charge in [-0.15, -0.1) is 0 Å². The Bertz CT molecular complexity index is 1540. The van der Waals surface area contributed by atoms with Crippen molar-refractivity contribution in [2.75, 3.05) is 56.7 Å². The van der Waals surface area contributed by atoms with Crippen LogP contribution in [0.2, 0.25) is 0 Å². The van der Waals surface area contributed by atoms with E-state index < -0.39 is 5.97 Å². The van der Waals surface area contributed by atoms with Crippen LogP contribution in [0.1, 0.15) is 30.1 Å². The van der Waals surface area contributed by atoms with E-state index >= 15 is 0 Å². The van der Waals surface area contributed by atoms with Crippen LogP contribution >= 0.6 is 0 Å². The van der Waals surface area contributed by atoms with E-state index in [1.807, 2.05) is 36.1 Å². The zero-order valence-corrected chi connectivity index (χ0v) is 24.2. The number of carbonyl (C=O) groups excluding carboxylic acids is 1. The Morgan fingerprint density at radius 3 is 2.40 bits per heavy atom. The first-order valence-electron chi connectivity index (χ1n) is 14.2. The number of fused-ring (bicyclic) bond motifs is 1. The Balaban J connectivity index is 1.28. The van der Waals surface area contributed by atoms with E-state index in [9.17, 15) is 14.7 Å². The molecule has 0 bridgehead atoms. The van der Waals surface area contributed by atoms with Crippen LogP contribution in [0, 0.1) is 0 Å². The van der Waals surface area contributed by atoms with Crippen molar-refractivity contribution in [3.63, 3.8) is 0 Å². The molecule has 0 saturated carbocycles. The molecule has 4 aromatic rings. The second kappa shape index (κ2) is 13.7. The Morgan fingerprint density at radius 2 is 1.72 bits per heavy atom. The Labute approximate surface area is 249 Å². The molecule has 5 rings (SSSR count). The smallest absolute Gasteiger partial charge is 0.339 e. The number of urea groups is 1. The number of anilines is 2. The highest BCUT2D eigenvalue weighted by molar-refractivity contribution is 6.05. The number of carboxylic acid groups (broad SMARTS) is 1.